The number of carbonyl (C=O) groups excluding carboxylic acids is 2. The fraction of sp³-hybridized carbons (Fsp3) is 0.318. The van der Waals surface area contributed by atoms with Gasteiger partial charge in [0.15, 0.2) is 18.1 Å². The second-order valence-corrected chi connectivity index (χ2v) is 7.33. The number of carbonyl (C=O) groups is 2. The number of likely N-dealkylation sites (tertiary alicyclic amines) is 1. The molecule has 1 fully saturated rings. The number of piperidine rings is 1. The molecule has 9 heteroatoms. The van der Waals surface area contributed by atoms with Gasteiger partial charge < -0.3 is 14.1 Å². The van der Waals surface area contributed by atoms with Gasteiger partial charge in [-0.05, 0) is 48.7 Å². The average molecular weight is 421 g/mol. The Morgan fingerprint density at radius 3 is 2.77 bits per heavy atom. The highest BCUT2D eigenvalue weighted by molar-refractivity contribution is 6.15. The Hall–Kier alpha value is -3.75. The van der Waals surface area contributed by atoms with E-state index >= 15 is 0 Å². The first kappa shape index (κ1) is 20.5. The van der Waals surface area contributed by atoms with Crippen molar-refractivity contribution in [3.63, 3.8) is 0 Å². The minimum Gasteiger partial charge on any atom is -0.465 e. The molecule has 1 aromatic carbocycles. The van der Waals surface area contributed by atoms with Gasteiger partial charge in [0.2, 0.25) is 0 Å². The van der Waals surface area contributed by atoms with Crippen LogP contribution in [0, 0.1) is 0 Å². The topological polar surface area (TPSA) is 103 Å². The van der Waals surface area contributed by atoms with Crippen LogP contribution in [0.25, 0.3) is 23.2 Å². The van der Waals surface area contributed by atoms with Crippen molar-refractivity contribution in [3.8, 4) is 11.4 Å². The monoisotopic (exact) mass is 421 g/mol. The van der Waals surface area contributed by atoms with Crippen molar-refractivity contribution in [2.45, 2.75) is 32.2 Å². The van der Waals surface area contributed by atoms with Crippen LogP contribution in [0.1, 0.15) is 31.9 Å². The van der Waals surface area contributed by atoms with E-state index in [4.69, 9.17) is 9.15 Å². The minimum absolute atomic E-state index is 0.0401. The van der Waals surface area contributed by atoms with Crippen molar-refractivity contribution in [3.05, 3.63) is 54.5 Å². The highest BCUT2D eigenvalue weighted by Gasteiger charge is 2.26. The van der Waals surface area contributed by atoms with Gasteiger partial charge in [-0.25, -0.2) is 4.79 Å². The van der Waals surface area contributed by atoms with Gasteiger partial charge in [0.25, 0.3) is 5.91 Å². The molecule has 0 unspecified atom stereocenters. The summed E-state index contributed by atoms with van der Waals surface area (Å²) in [4.78, 5) is 27.4. The minimum atomic E-state index is -0.723. The number of hydrogen-bond acceptors (Lipinski definition) is 7. The smallest absolute Gasteiger partial charge is 0.357 e. The van der Waals surface area contributed by atoms with Crippen LogP contribution in [0.2, 0.25) is 0 Å². The van der Waals surface area contributed by atoms with E-state index in [2.05, 4.69) is 15.5 Å². The maximum atomic E-state index is 13.0. The summed E-state index contributed by atoms with van der Waals surface area (Å²) in [6.07, 6.45) is 5.99. The molecular weight excluding hydrogens is 398 g/mol. The second-order valence-electron chi connectivity index (χ2n) is 7.33. The number of hydrogen-bond donors (Lipinski definition) is 0. The van der Waals surface area contributed by atoms with Gasteiger partial charge in [0.05, 0.1) is 6.26 Å². The molecular formula is C22H23N5O4. The lowest BCUT2D eigenvalue weighted by Gasteiger charge is -2.33. The Bertz CT molecular complexity index is 1060. The van der Waals surface area contributed by atoms with E-state index in [9.17, 15) is 9.59 Å². The van der Waals surface area contributed by atoms with Gasteiger partial charge in [-0.3, -0.25) is 4.79 Å². The largest absolute Gasteiger partial charge is 0.465 e. The van der Waals surface area contributed by atoms with Gasteiger partial charge in [0.1, 0.15) is 5.76 Å². The molecule has 0 saturated carbocycles. The third-order valence-electron chi connectivity index (χ3n) is 5.21. The van der Waals surface area contributed by atoms with E-state index in [1.807, 2.05) is 37.3 Å². The quantitative estimate of drug-likeness (QED) is 0.445. The third kappa shape index (κ3) is 4.71. The van der Waals surface area contributed by atoms with Gasteiger partial charge >= 0.3 is 5.97 Å². The molecule has 0 bridgehead atoms. The first-order chi connectivity index (χ1) is 15.1. The molecule has 1 atom stereocenters. The van der Waals surface area contributed by atoms with Crippen molar-refractivity contribution in [2.24, 2.45) is 0 Å². The molecule has 0 aliphatic carbocycles. The van der Waals surface area contributed by atoms with E-state index in [0.717, 1.165) is 24.8 Å². The summed E-state index contributed by atoms with van der Waals surface area (Å²) >= 11 is 0. The zero-order valence-corrected chi connectivity index (χ0v) is 17.2. The maximum absolute atomic E-state index is 13.0. The molecule has 1 aliphatic rings. The number of benzene rings is 1. The molecule has 0 spiro atoms. The van der Waals surface area contributed by atoms with Crippen molar-refractivity contribution >= 4 is 23.6 Å². The first-order valence-electron chi connectivity index (χ1n) is 10.2. The summed E-state index contributed by atoms with van der Waals surface area (Å²) in [6.45, 7) is 2.34. The predicted octanol–water partition coefficient (Wildman–Crippen LogP) is 2.88. The van der Waals surface area contributed by atoms with Gasteiger partial charge in [0, 0.05) is 24.2 Å². The summed E-state index contributed by atoms with van der Waals surface area (Å²) < 4.78 is 12.0. The molecule has 1 aliphatic heterocycles. The molecule has 2 aromatic heterocycles. The number of furan rings is 1. The molecule has 3 aromatic rings. The van der Waals surface area contributed by atoms with Crippen LogP contribution < -0.4 is 0 Å². The van der Waals surface area contributed by atoms with Crippen LogP contribution in [0.5, 0.6) is 0 Å². The number of ether oxygens (including phenoxy) is 1. The number of amides is 1. The first-order valence-corrected chi connectivity index (χ1v) is 10.2. The van der Waals surface area contributed by atoms with Crippen molar-refractivity contribution in [2.75, 3.05) is 13.2 Å². The Kier molecular flexibility index (Phi) is 6.21. The van der Waals surface area contributed by atoms with E-state index in [1.165, 1.54) is 17.0 Å². The SMILES string of the molecule is C[C@H]1CCCCN1C(=O)COC(=O)/C(=C/c1ccco1)n1nnnc1-c1ccccc1. The van der Waals surface area contributed by atoms with Crippen LogP contribution in [0.3, 0.4) is 0 Å². The van der Waals surface area contributed by atoms with Crippen LogP contribution in [0.4, 0.5) is 0 Å². The summed E-state index contributed by atoms with van der Waals surface area (Å²) in [5.74, 6) is -0.138. The second kappa shape index (κ2) is 9.38. The molecule has 0 N–H and O–H groups in total. The summed E-state index contributed by atoms with van der Waals surface area (Å²) in [5.41, 5.74) is 0.766. The fourth-order valence-electron chi connectivity index (χ4n) is 3.58. The number of aromatic nitrogens is 4. The van der Waals surface area contributed by atoms with E-state index < -0.39 is 5.97 Å². The summed E-state index contributed by atoms with van der Waals surface area (Å²) in [7, 11) is 0. The average Bonchev–Trinajstić information content (AvgIpc) is 3.48. The van der Waals surface area contributed by atoms with Crippen LogP contribution >= 0.6 is 0 Å². The lowest BCUT2D eigenvalue weighted by molar-refractivity contribution is -0.149. The molecule has 1 saturated heterocycles. The highest BCUT2D eigenvalue weighted by Crippen LogP contribution is 2.22. The van der Waals surface area contributed by atoms with E-state index in [1.54, 1.807) is 17.0 Å². The molecule has 4 rings (SSSR count). The summed E-state index contributed by atoms with van der Waals surface area (Å²) in [5, 5.41) is 11.7. The third-order valence-corrected chi connectivity index (χ3v) is 5.21. The van der Waals surface area contributed by atoms with Crippen molar-refractivity contribution in [1.82, 2.24) is 25.1 Å². The van der Waals surface area contributed by atoms with Crippen LogP contribution in [-0.2, 0) is 14.3 Å². The van der Waals surface area contributed by atoms with Crippen molar-refractivity contribution < 1.29 is 18.7 Å². The van der Waals surface area contributed by atoms with Crippen LogP contribution in [0.15, 0.2) is 53.1 Å². The molecule has 0 radical (unpaired) electrons. The highest BCUT2D eigenvalue weighted by atomic mass is 16.5. The molecule has 1 amide bonds. The van der Waals surface area contributed by atoms with Crippen molar-refractivity contribution in [1.29, 1.82) is 0 Å². The van der Waals surface area contributed by atoms with Gasteiger partial charge in [-0.15, -0.1) is 5.10 Å². The number of tetrazole rings is 1. The van der Waals surface area contributed by atoms with Crippen LogP contribution in [-0.4, -0.2) is 56.2 Å². The Balaban J connectivity index is 1.58. The molecule has 3 heterocycles. The zero-order chi connectivity index (χ0) is 21.6. The fourth-order valence-corrected chi connectivity index (χ4v) is 3.58. The zero-order valence-electron chi connectivity index (χ0n) is 17.2. The van der Waals surface area contributed by atoms with E-state index in [0.29, 0.717) is 18.1 Å². The predicted molar refractivity (Wildman–Crippen MR) is 112 cm³/mol. The Morgan fingerprint density at radius 2 is 2.03 bits per heavy atom. The summed E-state index contributed by atoms with van der Waals surface area (Å²) in [6, 6.07) is 12.8. The number of esters is 1. The lowest BCUT2D eigenvalue weighted by Crippen LogP contribution is -2.44. The lowest BCUT2D eigenvalue weighted by atomic mass is 10.0. The van der Waals surface area contributed by atoms with Gasteiger partial charge in [-0.2, -0.15) is 4.68 Å². The number of rotatable bonds is 6. The number of nitrogens with zero attached hydrogens (tertiary/aromatic N) is 5. The maximum Gasteiger partial charge on any atom is 0.357 e. The standard InChI is InChI=1S/C22H23N5O4/c1-16-8-5-6-12-26(16)20(28)15-31-22(29)19(14-18-11-7-13-30-18)27-21(23-24-25-27)17-9-3-2-4-10-17/h2-4,7,9-11,13-14,16H,5-6,8,12,15H2,1H3/b19-14-/t16-/m0/s1. The Labute approximate surface area is 179 Å². The van der Waals surface area contributed by atoms with E-state index in [-0.39, 0.29) is 24.3 Å². The molecule has 31 heavy (non-hydrogen) atoms. The molecule has 160 valence electrons. The van der Waals surface area contributed by atoms with Gasteiger partial charge in [-0.1, -0.05) is 30.3 Å². The molecule has 9 nitrogen and oxygen atoms in total. The Morgan fingerprint density at radius 1 is 1.19 bits per heavy atom. The normalized spacial score (nSPS) is 16.9.